The Bertz CT molecular complexity index is 1420. The summed E-state index contributed by atoms with van der Waals surface area (Å²) in [5.74, 6) is 0.303. The zero-order chi connectivity index (χ0) is 27.6. The molecule has 4 aromatic rings. The fraction of sp³-hybridized carbons (Fsp3) is 0.214. The monoisotopic (exact) mass is 549 g/mol. The van der Waals surface area contributed by atoms with Crippen molar-refractivity contribution in [2.75, 3.05) is 37.9 Å². The standard InChI is InChI=1S/C28H28FN5O4S/c1-37-23-13-12-19(18-24(23)38-2)14-16-34(28(36)30-22-11-7-6-10-21(22)29)17-15-25(35)31-27-33-32-26(39-27)20-8-4-3-5-9-20/h3-13,18H,14-17H2,1-2H3,(H,30,36)(H,31,33,35). The van der Waals surface area contributed by atoms with Gasteiger partial charge in [-0.3, -0.25) is 4.79 Å². The Morgan fingerprint density at radius 1 is 0.897 bits per heavy atom. The first-order chi connectivity index (χ1) is 19.0. The molecule has 3 amide bonds. The lowest BCUT2D eigenvalue weighted by molar-refractivity contribution is -0.116. The number of carbonyl (C=O) groups excluding carboxylic acids is 2. The molecule has 3 aromatic carbocycles. The number of nitrogens with zero attached hydrogens (tertiary/aromatic N) is 3. The van der Waals surface area contributed by atoms with Crippen LogP contribution in [0.15, 0.2) is 72.8 Å². The van der Waals surface area contributed by atoms with Crippen molar-refractivity contribution in [1.82, 2.24) is 15.1 Å². The molecule has 0 saturated heterocycles. The molecule has 0 atom stereocenters. The first-order valence-electron chi connectivity index (χ1n) is 12.2. The van der Waals surface area contributed by atoms with E-state index in [1.165, 1.54) is 28.4 Å². The molecule has 2 N–H and O–H groups in total. The number of anilines is 2. The summed E-state index contributed by atoms with van der Waals surface area (Å²) in [4.78, 5) is 27.3. The lowest BCUT2D eigenvalue weighted by Crippen LogP contribution is -2.38. The summed E-state index contributed by atoms with van der Waals surface area (Å²) < 4.78 is 24.8. The van der Waals surface area contributed by atoms with Crippen LogP contribution in [0.5, 0.6) is 11.5 Å². The number of ether oxygens (including phenoxy) is 2. The summed E-state index contributed by atoms with van der Waals surface area (Å²) in [5.41, 5.74) is 1.87. The van der Waals surface area contributed by atoms with Crippen LogP contribution in [0, 0.1) is 5.82 Å². The Labute approximate surface area is 229 Å². The summed E-state index contributed by atoms with van der Waals surface area (Å²) in [7, 11) is 3.11. The van der Waals surface area contributed by atoms with E-state index in [1.807, 2.05) is 42.5 Å². The molecule has 11 heteroatoms. The molecule has 1 heterocycles. The predicted octanol–water partition coefficient (Wildman–Crippen LogP) is 5.47. The average molecular weight is 550 g/mol. The highest BCUT2D eigenvalue weighted by atomic mass is 32.1. The van der Waals surface area contributed by atoms with Gasteiger partial charge in [-0.05, 0) is 36.2 Å². The normalized spacial score (nSPS) is 10.5. The second-order valence-corrected chi connectivity index (χ2v) is 9.39. The van der Waals surface area contributed by atoms with Crippen LogP contribution in [-0.4, -0.2) is 54.3 Å². The van der Waals surface area contributed by atoms with Gasteiger partial charge >= 0.3 is 6.03 Å². The van der Waals surface area contributed by atoms with Crippen molar-refractivity contribution >= 4 is 34.1 Å². The molecule has 4 rings (SSSR count). The molecule has 202 valence electrons. The third kappa shape index (κ3) is 7.51. The van der Waals surface area contributed by atoms with Crippen molar-refractivity contribution < 1.29 is 23.5 Å². The molecule has 0 aliphatic rings. The number of rotatable bonds is 11. The molecule has 9 nitrogen and oxygen atoms in total. The van der Waals surface area contributed by atoms with E-state index in [-0.39, 0.29) is 31.1 Å². The van der Waals surface area contributed by atoms with E-state index >= 15 is 0 Å². The second-order valence-electron chi connectivity index (χ2n) is 8.41. The molecule has 0 spiro atoms. The number of nitrogens with one attached hydrogen (secondary N) is 2. The van der Waals surface area contributed by atoms with Gasteiger partial charge in [-0.25, -0.2) is 9.18 Å². The van der Waals surface area contributed by atoms with Crippen molar-refractivity contribution in [3.8, 4) is 22.1 Å². The van der Waals surface area contributed by atoms with Crippen LogP contribution in [-0.2, 0) is 11.2 Å². The molecule has 0 aliphatic carbocycles. The van der Waals surface area contributed by atoms with Crippen LogP contribution in [0.4, 0.5) is 20.0 Å². The highest BCUT2D eigenvalue weighted by molar-refractivity contribution is 7.18. The van der Waals surface area contributed by atoms with Gasteiger partial charge in [-0.15, -0.1) is 10.2 Å². The van der Waals surface area contributed by atoms with E-state index < -0.39 is 11.8 Å². The minimum absolute atomic E-state index is 0.0108. The summed E-state index contributed by atoms with van der Waals surface area (Å²) in [6.45, 7) is 0.379. The first kappa shape index (κ1) is 27.5. The molecule has 0 bridgehead atoms. The Morgan fingerprint density at radius 3 is 2.38 bits per heavy atom. The average Bonchev–Trinajstić information content (AvgIpc) is 3.42. The maximum atomic E-state index is 14.2. The highest BCUT2D eigenvalue weighted by Gasteiger charge is 2.18. The Balaban J connectivity index is 1.41. The van der Waals surface area contributed by atoms with Gasteiger partial charge < -0.3 is 25.0 Å². The Hall–Kier alpha value is -4.51. The summed E-state index contributed by atoms with van der Waals surface area (Å²) in [6, 6.07) is 20.4. The smallest absolute Gasteiger partial charge is 0.321 e. The molecule has 39 heavy (non-hydrogen) atoms. The van der Waals surface area contributed by atoms with Crippen LogP contribution in [0.1, 0.15) is 12.0 Å². The van der Waals surface area contributed by atoms with E-state index in [1.54, 1.807) is 32.4 Å². The summed E-state index contributed by atoms with van der Waals surface area (Å²) in [5, 5.41) is 14.6. The van der Waals surface area contributed by atoms with Gasteiger partial charge in [0.05, 0.1) is 19.9 Å². The van der Waals surface area contributed by atoms with E-state index in [4.69, 9.17) is 9.47 Å². The maximum Gasteiger partial charge on any atom is 0.321 e. The first-order valence-corrected chi connectivity index (χ1v) is 13.0. The van der Waals surface area contributed by atoms with Gasteiger partial charge in [0.1, 0.15) is 10.8 Å². The van der Waals surface area contributed by atoms with Crippen LogP contribution in [0.2, 0.25) is 0 Å². The molecule has 0 aliphatic heterocycles. The molecule has 0 fully saturated rings. The van der Waals surface area contributed by atoms with Gasteiger partial charge in [-0.1, -0.05) is 59.9 Å². The number of urea groups is 1. The lowest BCUT2D eigenvalue weighted by atomic mass is 10.1. The van der Waals surface area contributed by atoms with E-state index in [9.17, 15) is 14.0 Å². The molecule has 0 saturated carbocycles. The number of carbonyl (C=O) groups is 2. The SMILES string of the molecule is COc1ccc(CCN(CCC(=O)Nc2nnc(-c3ccccc3)s2)C(=O)Nc2ccccc2F)cc1OC. The quantitative estimate of drug-likeness (QED) is 0.257. The number of para-hydroxylation sites is 1. The number of amides is 3. The molecule has 1 aromatic heterocycles. The van der Waals surface area contributed by atoms with E-state index in [2.05, 4.69) is 20.8 Å². The topological polar surface area (TPSA) is 106 Å². The van der Waals surface area contributed by atoms with Gasteiger partial charge in [0.2, 0.25) is 11.0 Å². The lowest BCUT2D eigenvalue weighted by Gasteiger charge is -2.23. The Kier molecular flexibility index (Phi) is 9.41. The number of hydrogen-bond donors (Lipinski definition) is 2. The van der Waals surface area contributed by atoms with Gasteiger partial charge in [-0.2, -0.15) is 0 Å². The zero-order valence-corrected chi connectivity index (χ0v) is 22.3. The van der Waals surface area contributed by atoms with Crippen molar-refractivity contribution in [2.45, 2.75) is 12.8 Å². The van der Waals surface area contributed by atoms with E-state index in [0.717, 1.165) is 11.1 Å². The van der Waals surface area contributed by atoms with Gasteiger partial charge in [0.15, 0.2) is 11.5 Å². The second kappa shape index (κ2) is 13.3. The van der Waals surface area contributed by atoms with Crippen LogP contribution < -0.4 is 20.1 Å². The minimum atomic E-state index is -0.547. The zero-order valence-electron chi connectivity index (χ0n) is 21.5. The number of benzene rings is 3. The maximum absolute atomic E-state index is 14.2. The molecular formula is C28H28FN5O4S. The summed E-state index contributed by atoms with van der Waals surface area (Å²) in [6.07, 6.45) is 0.486. The third-order valence-electron chi connectivity index (χ3n) is 5.82. The fourth-order valence-electron chi connectivity index (χ4n) is 3.76. The third-order valence-corrected chi connectivity index (χ3v) is 6.71. The van der Waals surface area contributed by atoms with Crippen molar-refractivity contribution in [3.63, 3.8) is 0 Å². The highest BCUT2D eigenvalue weighted by Crippen LogP contribution is 2.28. The number of aromatic nitrogens is 2. The molecule has 0 radical (unpaired) electrons. The van der Waals surface area contributed by atoms with E-state index in [0.29, 0.717) is 28.1 Å². The van der Waals surface area contributed by atoms with Crippen molar-refractivity contribution in [3.05, 3.63) is 84.2 Å². The van der Waals surface area contributed by atoms with Crippen LogP contribution in [0.25, 0.3) is 10.6 Å². The minimum Gasteiger partial charge on any atom is -0.493 e. The summed E-state index contributed by atoms with van der Waals surface area (Å²) >= 11 is 1.26. The van der Waals surface area contributed by atoms with Crippen molar-refractivity contribution in [1.29, 1.82) is 0 Å². The molecular weight excluding hydrogens is 521 g/mol. The van der Waals surface area contributed by atoms with Crippen LogP contribution >= 0.6 is 11.3 Å². The molecule has 0 unspecified atom stereocenters. The van der Waals surface area contributed by atoms with Gasteiger partial charge in [0, 0.05) is 25.1 Å². The number of methoxy groups -OCH3 is 2. The fourth-order valence-corrected chi connectivity index (χ4v) is 4.53. The number of hydrogen-bond acceptors (Lipinski definition) is 7. The largest absolute Gasteiger partial charge is 0.493 e. The number of halogens is 1. The van der Waals surface area contributed by atoms with Gasteiger partial charge in [0.25, 0.3) is 0 Å². The van der Waals surface area contributed by atoms with Crippen LogP contribution in [0.3, 0.4) is 0 Å². The van der Waals surface area contributed by atoms with Crippen molar-refractivity contribution in [2.24, 2.45) is 0 Å². The predicted molar refractivity (Wildman–Crippen MR) is 149 cm³/mol. The Morgan fingerprint density at radius 2 is 1.64 bits per heavy atom.